The van der Waals surface area contributed by atoms with Crippen LogP contribution in [0.25, 0.3) is 0 Å². The van der Waals surface area contributed by atoms with Gasteiger partial charge in [-0.2, -0.15) is 0 Å². The molecule has 2 aromatic rings. The Balaban J connectivity index is 1.71. The van der Waals surface area contributed by atoms with Gasteiger partial charge in [0.25, 0.3) is 0 Å². The molecule has 1 aliphatic carbocycles. The maximum absolute atomic E-state index is 11.9. The topological polar surface area (TPSA) is 98.5 Å². The van der Waals surface area contributed by atoms with E-state index in [2.05, 4.69) is 22.1 Å². The molecular formula is C25H32N4O3. The Hall–Kier alpha value is -2.93. The number of hydrogen-bond acceptors (Lipinski definition) is 6. The molecule has 1 saturated carbocycles. The van der Waals surface area contributed by atoms with Crippen LogP contribution in [-0.2, 0) is 4.74 Å². The molecule has 0 atom stereocenters. The van der Waals surface area contributed by atoms with Crippen molar-refractivity contribution in [2.75, 3.05) is 29.9 Å². The van der Waals surface area contributed by atoms with Gasteiger partial charge in [-0.05, 0) is 50.3 Å². The number of aromatic nitrogens is 1. The third kappa shape index (κ3) is 4.93. The van der Waals surface area contributed by atoms with Gasteiger partial charge in [0, 0.05) is 37.0 Å². The van der Waals surface area contributed by atoms with Crippen LogP contribution in [0.2, 0.25) is 0 Å². The van der Waals surface area contributed by atoms with Crippen molar-refractivity contribution in [2.24, 2.45) is 5.92 Å². The number of carboxylic acid groups (broad SMARTS) is 1. The Kier molecular flexibility index (Phi) is 7.05. The van der Waals surface area contributed by atoms with Gasteiger partial charge in [-0.15, -0.1) is 0 Å². The molecule has 2 fully saturated rings. The van der Waals surface area contributed by atoms with Gasteiger partial charge in [0.15, 0.2) is 5.69 Å². The van der Waals surface area contributed by atoms with Gasteiger partial charge in [0.2, 0.25) is 0 Å². The minimum atomic E-state index is -1.06. The molecule has 4 rings (SSSR count). The van der Waals surface area contributed by atoms with E-state index in [4.69, 9.17) is 10.1 Å². The molecule has 0 unspecified atom stereocenters. The highest BCUT2D eigenvalue weighted by Crippen LogP contribution is 2.38. The molecule has 170 valence electrons. The summed E-state index contributed by atoms with van der Waals surface area (Å²) in [6.45, 7) is 4.42. The van der Waals surface area contributed by atoms with Crippen LogP contribution in [0.1, 0.15) is 61.5 Å². The number of rotatable bonds is 9. The molecule has 1 aromatic heterocycles. The maximum Gasteiger partial charge on any atom is 0.354 e. The quantitative estimate of drug-likeness (QED) is 0.474. The van der Waals surface area contributed by atoms with Gasteiger partial charge in [0.1, 0.15) is 5.82 Å². The lowest BCUT2D eigenvalue weighted by Crippen LogP contribution is -2.38. The molecule has 32 heavy (non-hydrogen) atoms. The molecule has 0 spiro atoms. The zero-order valence-electron chi connectivity index (χ0n) is 18.6. The number of ether oxygens (including phenoxy) is 1. The lowest BCUT2D eigenvalue weighted by molar-refractivity contribution is 0.0375. The van der Waals surface area contributed by atoms with E-state index in [1.54, 1.807) is 6.07 Å². The van der Waals surface area contributed by atoms with Crippen LogP contribution < -0.4 is 10.2 Å². The Labute approximate surface area is 189 Å². The number of carboxylic acids is 1. The lowest BCUT2D eigenvalue weighted by Gasteiger charge is -2.36. The minimum Gasteiger partial charge on any atom is -0.477 e. The van der Waals surface area contributed by atoms with Crippen molar-refractivity contribution in [2.45, 2.75) is 51.6 Å². The van der Waals surface area contributed by atoms with E-state index in [0.717, 1.165) is 75.2 Å². The van der Waals surface area contributed by atoms with E-state index in [1.807, 2.05) is 30.3 Å². The van der Waals surface area contributed by atoms with E-state index in [9.17, 15) is 9.90 Å². The SMILES string of the molecule is CCCOC1CCN(c2cc(C(=O)O)nc(Nc3ccccc3)c2C(=N)C2CCC2)CC1. The highest BCUT2D eigenvalue weighted by Gasteiger charge is 2.31. The third-order valence-corrected chi connectivity index (χ3v) is 6.38. The first-order valence-corrected chi connectivity index (χ1v) is 11.6. The van der Waals surface area contributed by atoms with E-state index in [0.29, 0.717) is 11.5 Å². The molecule has 1 saturated heterocycles. The summed E-state index contributed by atoms with van der Waals surface area (Å²) in [7, 11) is 0. The highest BCUT2D eigenvalue weighted by molar-refractivity contribution is 6.10. The number of nitrogens with one attached hydrogen (secondary N) is 2. The predicted molar refractivity (Wildman–Crippen MR) is 127 cm³/mol. The van der Waals surface area contributed by atoms with Crippen molar-refractivity contribution in [1.82, 2.24) is 4.98 Å². The molecule has 0 bridgehead atoms. The summed E-state index contributed by atoms with van der Waals surface area (Å²) in [6.07, 6.45) is 6.15. The van der Waals surface area contributed by atoms with Crippen molar-refractivity contribution in [1.29, 1.82) is 5.41 Å². The maximum atomic E-state index is 11.9. The second kappa shape index (κ2) is 10.1. The third-order valence-electron chi connectivity index (χ3n) is 6.38. The second-order valence-electron chi connectivity index (χ2n) is 8.65. The van der Waals surface area contributed by atoms with Gasteiger partial charge in [-0.1, -0.05) is 31.5 Å². The number of piperidine rings is 1. The molecular weight excluding hydrogens is 404 g/mol. The summed E-state index contributed by atoms with van der Waals surface area (Å²) in [6, 6.07) is 11.3. The van der Waals surface area contributed by atoms with Crippen molar-refractivity contribution in [3.63, 3.8) is 0 Å². The number of nitrogens with zero attached hydrogens (tertiary/aromatic N) is 2. The lowest BCUT2D eigenvalue weighted by atomic mass is 9.79. The number of para-hydroxylation sites is 1. The average molecular weight is 437 g/mol. The Bertz CT molecular complexity index is 951. The normalized spacial score (nSPS) is 17.1. The van der Waals surface area contributed by atoms with Gasteiger partial charge >= 0.3 is 5.97 Å². The molecule has 2 aliphatic rings. The minimum absolute atomic E-state index is 0.00653. The number of pyridine rings is 1. The Morgan fingerprint density at radius 2 is 1.94 bits per heavy atom. The fourth-order valence-electron chi connectivity index (χ4n) is 4.35. The van der Waals surface area contributed by atoms with Crippen molar-refractivity contribution >= 4 is 28.9 Å². The summed E-state index contributed by atoms with van der Waals surface area (Å²) in [5.41, 5.74) is 2.90. The van der Waals surface area contributed by atoms with Crippen molar-refractivity contribution < 1.29 is 14.6 Å². The fraction of sp³-hybridized carbons (Fsp3) is 0.480. The molecule has 1 aromatic carbocycles. The van der Waals surface area contributed by atoms with Gasteiger partial charge in [-0.25, -0.2) is 9.78 Å². The van der Waals surface area contributed by atoms with Gasteiger partial charge in [-0.3, -0.25) is 0 Å². The standard InChI is InChI=1S/C25H32N4O3/c1-2-15-32-19-11-13-29(14-12-19)21-16-20(25(30)31)28-24(27-18-9-4-3-5-10-18)22(21)23(26)17-7-6-8-17/h3-5,9-10,16-17,19,26H,2,6-8,11-15H2,1H3,(H,27,28)(H,30,31). The highest BCUT2D eigenvalue weighted by atomic mass is 16.5. The summed E-state index contributed by atoms with van der Waals surface area (Å²) >= 11 is 0. The molecule has 3 N–H and O–H groups in total. The van der Waals surface area contributed by atoms with Gasteiger partial charge < -0.3 is 25.5 Å². The van der Waals surface area contributed by atoms with Crippen LogP contribution in [0.15, 0.2) is 36.4 Å². The molecule has 2 heterocycles. The van der Waals surface area contributed by atoms with E-state index in [1.165, 1.54) is 0 Å². The Morgan fingerprint density at radius 3 is 2.53 bits per heavy atom. The first-order valence-electron chi connectivity index (χ1n) is 11.6. The first kappa shape index (κ1) is 22.3. The number of carbonyl (C=O) groups is 1. The van der Waals surface area contributed by atoms with Crippen LogP contribution in [-0.4, -0.2) is 47.6 Å². The monoisotopic (exact) mass is 436 g/mol. The van der Waals surface area contributed by atoms with Crippen molar-refractivity contribution in [3.8, 4) is 0 Å². The summed E-state index contributed by atoms with van der Waals surface area (Å²) in [5.74, 6) is -0.411. The van der Waals surface area contributed by atoms with Crippen LogP contribution in [0.4, 0.5) is 17.2 Å². The predicted octanol–water partition coefficient (Wildman–Crippen LogP) is 5.09. The van der Waals surface area contributed by atoms with E-state index in [-0.39, 0.29) is 17.7 Å². The zero-order chi connectivity index (χ0) is 22.5. The van der Waals surface area contributed by atoms with Crippen LogP contribution >= 0.6 is 0 Å². The van der Waals surface area contributed by atoms with E-state index < -0.39 is 5.97 Å². The molecule has 0 amide bonds. The van der Waals surface area contributed by atoms with Crippen molar-refractivity contribution in [3.05, 3.63) is 47.7 Å². The molecule has 7 nitrogen and oxygen atoms in total. The van der Waals surface area contributed by atoms with Gasteiger partial charge in [0.05, 0.1) is 17.4 Å². The van der Waals surface area contributed by atoms with Crippen LogP contribution in [0.5, 0.6) is 0 Å². The fourth-order valence-corrected chi connectivity index (χ4v) is 4.35. The summed E-state index contributed by atoms with van der Waals surface area (Å²) < 4.78 is 5.94. The van der Waals surface area contributed by atoms with Crippen LogP contribution in [0.3, 0.4) is 0 Å². The number of hydrogen-bond donors (Lipinski definition) is 3. The Morgan fingerprint density at radius 1 is 1.22 bits per heavy atom. The number of aromatic carboxylic acids is 1. The first-order chi connectivity index (χ1) is 15.6. The molecule has 7 heteroatoms. The average Bonchev–Trinajstić information content (AvgIpc) is 2.77. The zero-order valence-corrected chi connectivity index (χ0v) is 18.6. The smallest absolute Gasteiger partial charge is 0.354 e. The van der Waals surface area contributed by atoms with Crippen LogP contribution in [0, 0.1) is 11.3 Å². The summed E-state index contributed by atoms with van der Waals surface area (Å²) in [5, 5.41) is 22.0. The second-order valence-corrected chi connectivity index (χ2v) is 8.65. The molecule has 0 radical (unpaired) electrons. The summed E-state index contributed by atoms with van der Waals surface area (Å²) in [4.78, 5) is 18.6. The number of benzene rings is 1. The number of anilines is 3. The largest absolute Gasteiger partial charge is 0.477 e. The van der Waals surface area contributed by atoms with E-state index >= 15 is 0 Å². The molecule has 1 aliphatic heterocycles.